The van der Waals surface area contributed by atoms with Gasteiger partial charge in [-0.2, -0.15) is 0 Å². The summed E-state index contributed by atoms with van der Waals surface area (Å²) in [7, 11) is 0. The van der Waals surface area contributed by atoms with Gasteiger partial charge in [-0.15, -0.1) is 0 Å². The van der Waals surface area contributed by atoms with Crippen LogP contribution in [-0.2, 0) is 4.79 Å². The van der Waals surface area contributed by atoms with E-state index in [9.17, 15) is 20.1 Å². The number of Topliss-reactive ketones (excluding diaryl/α,β-unsaturated/α-hetero) is 1. The molecule has 5 nitrogen and oxygen atoms in total. The number of hydrogen-bond acceptors (Lipinski definition) is 5. The quantitative estimate of drug-likeness (QED) is 0.635. The molecule has 1 saturated heterocycles. The first-order valence-electron chi connectivity index (χ1n) is 10.7. The van der Waals surface area contributed by atoms with Crippen molar-refractivity contribution in [2.75, 3.05) is 26.2 Å². The van der Waals surface area contributed by atoms with E-state index in [4.69, 9.17) is 0 Å². The summed E-state index contributed by atoms with van der Waals surface area (Å²) in [6.45, 7) is 8.92. The molecule has 0 amide bonds. The molecule has 5 saturated carbocycles. The fourth-order valence-electron chi connectivity index (χ4n) is 8.55. The number of aliphatic hydroxyl groups is 3. The van der Waals surface area contributed by atoms with Gasteiger partial charge in [-0.3, -0.25) is 9.69 Å². The van der Waals surface area contributed by atoms with E-state index in [1.807, 2.05) is 0 Å². The summed E-state index contributed by atoms with van der Waals surface area (Å²) in [5.41, 5.74) is -0.147. The Balaban J connectivity index is 1.66. The van der Waals surface area contributed by atoms with Crippen LogP contribution in [0.25, 0.3) is 0 Å². The topological polar surface area (TPSA) is 81.0 Å². The maximum absolute atomic E-state index is 13.3. The van der Waals surface area contributed by atoms with Crippen LogP contribution in [0.1, 0.15) is 45.4 Å². The third-order valence-corrected chi connectivity index (χ3v) is 9.55. The third kappa shape index (κ3) is 2.02. The standard InChI is InChI=1S/C22H33NO4/c1-13-14-9-16-21(19(13)27,18(26)10-14)6-3-15-20(2)5-4-17(25)22(15,16)12-23(11-20)7-8-24/h14-17,19,24-25,27H,1,3-12H2,2H3/t14-,15-,16-,17-,19+,20+,21+,22-/m1/s1. The highest BCUT2D eigenvalue weighted by atomic mass is 16.3. The second-order valence-electron chi connectivity index (χ2n) is 10.5. The number of rotatable bonds is 2. The number of hydrogen-bond donors (Lipinski definition) is 3. The number of carbonyl (C=O) groups is 1. The Labute approximate surface area is 161 Å². The van der Waals surface area contributed by atoms with Crippen LogP contribution in [-0.4, -0.2) is 64.5 Å². The lowest BCUT2D eigenvalue weighted by Crippen LogP contribution is -2.76. The van der Waals surface area contributed by atoms with Gasteiger partial charge < -0.3 is 15.3 Å². The van der Waals surface area contributed by atoms with Gasteiger partial charge in [0.15, 0.2) is 0 Å². The van der Waals surface area contributed by atoms with Gasteiger partial charge >= 0.3 is 0 Å². The smallest absolute Gasteiger partial charge is 0.142 e. The molecule has 0 unspecified atom stereocenters. The molecule has 6 aliphatic rings. The summed E-state index contributed by atoms with van der Waals surface area (Å²) >= 11 is 0. The molecule has 6 fully saturated rings. The van der Waals surface area contributed by atoms with Crippen molar-refractivity contribution in [1.82, 2.24) is 4.90 Å². The largest absolute Gasteiger partial charge is 0.395 e. The number of ketones is 1. The van der Waals surface area contributed by atoms with Gasteiger partial charge in [-0.05, 0) is 60.8 Å². The van der Waals surface area contributed by atoms with Gasteiger partial charge in [0.1, 0.15) is 5.78 Å². The highest BCUT2D eigenvalue weighted by Gasteiger charge is 2.74. The van der Waals surface area contributed by atoms with Crippen LogP contribution in [0.5, 0.6) is 0 Å². The van der Waals surface area contributed by atoms with Crippen molar-refractivity contribution < 1.29 is 20.1 Å². The van der Waals surface area contributed by atoms with Crippen LogP contribution in [0, 0.1) is 34.0 Å². The van der Waals surface area contributed by atoms with Crippen molar-refractivity contribution in [1.29, 1.82) is 0 Å². The van der Waals surface area contributed by atoms with Crippen LogP contribution in [0.3, 0.4) is 0 Å². The molecular formula is C22H33NO4. The molecule has 6 rings (SSSR count). The van der Waals surface area contributed by atoms with Gasteiger partial charge in [-0.25, -0.2) is 0 Å². The number of carbonyl (C=O) groups excluding carboxylic acids is 1. The minimum Gasteiger partial charge on any atom is -0.395 e. The fraction of sp³-hybridized carbons (Fsp3) is 0.864. The minimum absolute atomic E-state index is 0.0200. The maximum atomic E-state index is 13.3. The van der Waals surface area contributed by atoms with E-state index >= 15 is 0 Å². The van der Waals surface area contributed by atoms with Crippen molar-refractivity contribution >= 4 is 5.78 Å². The van der Waals surface area contributed by atoms with E-state index < -0.39 is 17.6 Å². The number of β-amino-alcohol motifs (C(OH)–C–C–N with tert-alkyl or cyclic N) is 1. The molecule has 0 radical (unpaired) electrons. The lowest BCUT2D eigenvalue weighted by Gasteiger charge is -2.73. The third-order valence-electron chi connectivity index (χ3n) is 9.55. The van der Waals surface area contributed by atoms with Crippen LogP contribution >= 0.6 is 0 Å². The van der Waals surface area contributed by atoms with Crippen LogP contribution < -0.4 is 0 Å². The Morgan fingerprint density at radius 2 is 1.96 bits per heavy atom. The van der Waals surface area contributed by atoms with Gasteiger partial charge in [0.2, 0.25) is 0 Å². The summed E-state index contributed by atoms with van der Waals surface area (Å²) < 4.78 is 0. The number of piperidine rings is 1. The van der Waals surface area contributed by atoms with Gasteiger partial charge in [0.05, 0.1) is 24.2 Å². The van der Waals surface area contributed by atoms with E-state index in [2.05, 4.69) is 18.4 Å². The molecule has 150 valence electrons. The molecule has 5 heteroatoms. The Morgan fingerprint density at radius 3 is 2.70 bits per heavy atom. The zero-order valence-electron chi connectivity index (χ0n) is 16.4. The Morgan fingerprint density at radius 1 is 1.19 bits per heavy atom. The Bertz CT molecular complexity index is 694. The molecule has 0 aromatic carbocycles. The van der Waals surface area contributed by atoms with Crippen molar-refractivity contribution in [2.45, 2.75) is 57.7 Å². The Hall–Kier alpha value is -0.750. The lowest BCUT2D eigenvalue weighted by atomic mass is 9.34. The average Bonchev–Trinajstić information content (AvgIpc) is 2.63. The number of fused-ring (bicyclic) bond motifs is 2. The molecule has 5 aliphatic carbocycles. The predicted molar refractivity (Wildman–Crippen MR) is 101 cm³/mol. The van der Waals surface area contributed by atoms with Crippen molar-refractivity contribution in [3.8, 4) is 0 Å². The summed E-state index contributed by atoms with van der Waals surface area (Å²) in [6.07, 6.45) is 3.60. The van der Waals surface area contributed by atoms with Crippen LogP contribution in [0.15, 0.2) is 12.2 Å². The SMILES string of the molecule is C=C1[C@H]2CC(=O)[C@@]3(CC[C@@H]4[C@@]5(C)CC[C@@H](O)[C@@]4(CN(CCO)C5)[C@@H]3C2)[C@H]1O. The first-order valence-corrected chi connectivity index (χ1v) is 10.7. The van der Waals surface area contributed by atoms with Gasteiger partial charge in [0, 0.05) is 31.5 Å². The zero-order valence-corrected chi connectivity index (χ0v) is 16.4. The molecule has 1 heterocycles. The summed E-state index contributed by atoms with van der Waals surface area (Å²) in [4.78, 5) is 15.6. The second kappa shape index (κ2) is 5.65. The minimum atomic E-state index is -0.758. The van der Waals surface area contributed by atoms with Gasteiger partial charge in [-0.1, -0.05) is 13.5 Å². The molecule has 4 bridgehead atoms. The summed E-state index contributed by atoms with van der Waals surface area (Å²) in [6, 6.07) is 0. The van der Waals surface area contributed by atoms with E-state index in [0.717, 1.165) is 50.8 Å². The molecule has 1 spiro atoms. The second-order valence-corrected chi connectivity index (χ2v) is 10.5. The lowest BCUT2D eigenvalue weighted by molar-refractivity contribution is -0.264. The number of aliphatic hydroxyl groups excluding tert-OH is 3. The van der Waals surface area contributed by atoms with Gasteiger partial charge in [0.25, 0.3) is 0 Å². The molecule has 27 heavy (non-hydrogen) atoms. The first-order chi connectivity index (χ1) is 12.8. The number of nitrogens with zero attached hydrogens (tertiary/aromatic N) is 1. The fourth-order valence-corrected chi connectivity index (χ4v) is 8.55. The monoisotopic (exact) mass is 375 g/mol. The normalized spacial score (nSPS) is 54.6. The summed E-state index contributed by atoms with van der Waals surface area (Å²) in [5.74, 6) is 0.662. The molecule has 0 aromatic heterocycles. The predicted octanol–water partition coefficient (Wildman–Crippen LogP) is 1.36. The highest BCUT2D eigenvalue weighted by molar-refractivity contribution is 5.90. The van der Waals surface area contributed by atoms with Crippen molar-refractivity contribution in [3.05, 3.63) is 12.2 Å². The van der Waals surface area contributed by atoms with E-state index in [-0.39, 0.29) is 35.1 Å². The number of likely N-dealkylation sites (tertiary alicyclic amines) is 1. The van der Waals surface area contributed by atoms with Crippen LogP contribution in [0.2, 0.25) is 0 Å². The molecule has 1 aliphatic heterocycles. The maximum Gasteiger partial charge on any atom is 0.142 e. The Kier molecular flexibility index (Phi) is 3.83. The highest BCUT2D eigenvalue weighted by Crippen LogP contribution is 2.72. The molecule has 3 N–H and O–H groups in total. The zero-order chi connectivity index (χ0) is 19.2. The molecule has 0 aromatic rings. The van der Waals surface area contributed by atoms with E-state index in [1.165, 1.54) is 0 Å². The van der Waals surface area contributed by atoms with Crippen molar-refractivity contribution in [2.24, 2.45) is 34.0 Å². The van der Waals surface area contributed by atoms with Crippen molar-refractivity contribution in [3.63, 3.8) is 0 Å². The van der Waals surface area contributed by atoms with E-state index in [0.29, 0.717) is 18.9 Å². The summed E-state index contributed by atoms with van der Waals surface area (Å²) in [5, 5.41) is 32.1. The van der Waals surface area contributed by atoms with Crippen LogP contribution in [0.4, 0.5) is 0 Å². The van der Waals surface area contributed by atoms with E-state index in [1.54, 1.807) is 0 Å². The molecular weight excluding hydrogens is 342 g/mol. The molecule has 8 atom stereocenters. The average molecular weight is 376 g/mol. The first kappa shape index (κ1) is 18.3.